The molecule has 2 N–H and O–H groups in total. The molecule has 0 spiro atoms. The molecule has 1 heterocycles. The lowest BCUT2D eigenvalue weighted by molar-refractivity contribution is -0.127. The largest absolute Gasteiger partial charge is 0.495 e. The van der Waals surface area contributed by atoms with E-state index in [1.165, 1.54) is 13.2 Å². The molecule has 3 aromatic carbocycles. The number of para-hydroxylation sites is 4. The molecule has 4 rings (SSSR count). The molecule has 1 aliphatic heterocycles. The molecule has 9 nitrogen and oxygen atoms in total. The molecule has 0 aromatic heterocycles. The molecule has 0 atom stereocenters. The second-order valence-corrected chi connectivity index (χ2v) is 8.75. The zero-order valence-electron chi connectivity index (χ0n) is 19.8. The van der Waals surface area contributed by atoms with E-state index in [-0.39, 0.29) is 17.4 Å². The standard InChI is InChI=1S/C27H23N3O6S/c1-35-22-14-8-6-12-20(22)29-24(31)16-30-26(33)23(37-27(30)34)15-18-9-5-7-13-21(18)36-17-25(32)28-19-10-3-2-4-11-19/h2-15H,16-17H2,1H3,(H,28,32)(H,29,31)/b23-15+. The lowest BCUT2D eigenvalue weighted by Gasteiger charge is -2.14. The number of imide groups is 1. The van der Waals surface area contributed by atoms with E-state index in [2.05, 4.69) is 10.6 Å². The van der Waals surface area contributed by atoms with Crippen molar-refractivity contribution in [1.82, 2.24) is 4.90 Å². The van der Waals surface area contributed by atoms with Crippen LogP contribution in [0.1, 0.15) is 5.56 Å². The summed E-state index contributed by atoms with van der Waals surface area (Å²) in [5.74, 6) is -0.657. The highest BCUT2D eigenvalue weighted by atomic mass is 32.2. The molecule has 4 amide bonds. The molecule has 37 heavy (non-hydrogen) atoms. The fraction of sp³-hybridized carbons (Fsp3) is 0.111. The van der Waals surface area contributed by atoms with Crippen LogP contribution >= 0.6 is 11.8 Å². The van der Waals surface area contributed by atoms with Gasteiger partial charge < -0.3 is 20.1 Å². The van der Waals surface area contributed by atoms with Crippen LogP contribution in [0.15, 0.2) is 83.8 Å². The van der Waals surface area contributed by atoms with Gasteiger partial charge in [-0.3, -0.25) is 24.1 Å². The Kier molecular flexibility index (Phi) is 8.22. The number of ether oxygens (including phenoxy) is 2. The smallest absolute Gasteiger partial charge is 0.294 e. The van der Waals surface area contributed by atoms with Crippen LogP contribution in [0.3, 0.4) is 0 Å². The maximum absolute atomic E-state index is 12.9. The van der Waals surface area contributed by atoms with Gasteiger partial charge in [0.15, 0.2) is 6.61 Å². The highest BCUT2D eigenvalue weighted by Crippen LogP contribution is 2.34. The Morgan fingerprint density at radius 3 is 2.30 bits per heavy atom. The molecule has 1 saturated heterocycles. The molecule has 0 radical (unpaired) electrons. The molecule has 1 aliphatic rings. The van der Waals surface area contributed by atoms with Gasteiger partial charge in [0.05, 0.1) is 17.7 Å². The predicted octanol–water partition coefficient (Wildman–Crippen LogP) is 4.39. The summed E-state index contributed by atoms with van der Waals surface area (Å²) in [5.41, 5.74) is 1.59. The van der Waals surface area contributed by atoms with Crippen LogP contribution in [0.25, 0.3) is 6.08 Å². The Hall–Kier alpha value is -4.57. The molecule has 1 fully saturated rings. The number of amides is 4. The zero-order chi connectivity index (χ0) is 26.2. The minimum absolute atomic E-state index is 0.139. The number of nitrogens with zero attached hydrogens (tertiary/aromatic N) is 1. The summed E-state index contributed by atoms with van der Waals surface area (Å²) in [6.07, 6.45) is 1.51. The summed E-state index contributed by atoms with van der Waals surface area (Å²) in [6.45, 7) is -0.692. The Bertz CT molecular complexity index is 1360. The number of hydrogen-bond donors (Lipinski definition) is 2. The fourth-order valence-corrected chi connectivity index (χ4v) is 4.28. The highest BCUT2D eigenvalue weighted by molar-refractivity contribution is 8.18. The summed E-state index contributed by atoms with van der Waals surface area (Å²) in [5, 5.41) is 4.82. The third-order valence-corrected chi connectivity index (χ3v) is 6.09. The second-order valence-electron chi connectivity index (χ2n) is 7.76. The van der Waals surface area contributed by atoms with Gasteiger partial charge in [-0.1, -0.05) is 48.5 Å². The number of thioether (sulfide) groups is 1. The van der Waals surface area contributed by atoms with E-state index in [1.54, 1.807) is 72.8 Å². The van der Waals surface area contributed by atoms with Crippen molar-refractivity contribution in [1.29, 1.82) is 0 Å². The van der Waals surface area contributed by atoms with Gasteiger partial charge in [0.25, 0.3) is 17.1 Å². The zero-order valence-corrected chi connectivity index (χ0v) is 20.6. The van der Waals surface area contributed by atoms with Crippen LogP contribution < -0.4 is 20.1 Å². The summed E-state index contributed by atoms with van der Waals surface area (Å²) in [6, 6.07) is 22.6. The van der Waals surface area contributed by atoms with Gasteiger partial charge in [0, 0.05) is 11.3 Å². The highest BCUT2D eigenvalue weighted by Gasteiger charge is 2.36. The molecule has 0 unspecified atom stereocenters. The van der Waals surface area contributed by atoms with E-state index in [0.29, 0.717) is 28.4 Å². The topological polar surface area (TPSA) is 114 Å². The van der Waals surface area contributed by atoms with E-state index >= 15 is 0 Å². The number of carbonyl (C=O) groups excluding carboxylic acids is 4. The van der Waals surface area contributed by atoms with Crippen molar-refractivity contribution in [3.05, 3.63) is 89.3 Å². The third-order valence-electron chi connectivity index (χ3n) is 5.18. The van der Waals surface area contributed by atoms with Crippen molar-refractivity contribution in [2.75, 3.05) is 30.9 Å². The Morgan fingerprint density at radius 1 is 0.865 bits per heavy atom. The van der Waals surface area contributed by atoms with E-state index in [9.17, 15) is 19.2 Å². The van der Waals surface area contributed by atoms with Crippen LogP contribution in [0.4, 0.5) is 16.2 Å². The first-order valence-corrected chi connectivity index (χ1v) is 12.0. The van der Waals surface area contributed by atoms with Crippen LogP contribution in [-0.2, 0) is 14.4 Å². The molecule has 188 valence electrons. The lowest BCUT2D eigenvalue weighted by atomic mass is 10.2. The molecule has 0 aliphatic carbocycles. The number of anilines is 2. The van der Waals surface area contributed by atoms with Crippen molar-refractivity contribution in [3.63, 3.8) is 0 Å². The van der Waals surface area contributed by atoms with Gasteiger partial charge in [0.1, 0.15) is 18.0 Å². The summed E-state index contributed by atoms with van der Waals surface area (Å²) < 4.78 is 10.9. The Morgan fingerprint density at radius 2 is 1.54 bits per heavy atom. The SMILES string of the molecule is COc1ccccc1NC(=O)CN1C(=O)S/C(=C/c2ccccc2OCC(=O)Nc2ccccc2)C1=O. The molecule has 0 bridgehead atoms. The average Bonchev–Trinajstić information content (AvgIpc) is 3.16. The predicted molar refractivity (Wildman–Crippen MR) is 141 cm³/mol. The monoisotopic (exact) mass is 517 g/mol. The number of benzene rings is 3. The van der Waals surface area contributed by atoms with Gasteiger partial charge in [-0.2, -0.15) is 0 Å². The van der Waals surface area contributed by atoms with E-state index in [1.807, 2.05) is 6.07 Å². The molecule has 0 saturated carbocycles. The van der Waals surface area contributed by atoms with Gasteiger partial charge in [-0.25, -0.2) is 0 Å². The maximum atomic E-state index is 12.9. The number of hydrogen-bond acceptors (Lipinski definition) is 7. The van der Waals surface area contributed by atoms with Crippen molar-refractivity contribution in [3.8, 4) is 11.5 Å². The van der Waals surface area contributed by atoms with Gasteiger partial charge in [-0.05, 0) is 48.2 Å². The van der Waals surface area contributed by atoms with Gasteiger partial charge in [-0.15, -0.1) is 0 Å². The molecule has 10 heteroatoms. The van der Waals surface area contributed by atoms with Crippen molar-refractivity contribution in [2.24, 2.45) is 0 Å². The molecular weight excluding hydrogens is 494 g/mol. The molecule has 3 aromatic rings. The lowest BCUT2D eigenvalue weighted by Crippen LogP contribution is -2.36. The fourth-order valence-electron chi connectivity index (χ4n) is 3.45. The number of rotatable bonds is 9. The third kappa shape index (κ3) is 6.56. The Labute approximate surface area is 217 Å². The van der Waals surface area contributed by atoms with Crippen LogP contribution in [0, 0.1) is 0 Å². The normalized spacial score (nSPS) is 14.0. The first-order valence-electron chi connectivity index (χ1n) is 11.2. The number of nitrogens with one attached hydrogen (secondary N) is 2. The Balaban J connectivity index is 1.41. The first-order chi connectivity index (χ1) is 17.9. The van der Waals surface area contributed by atoms with E-state index in [0.717, 1.165) is 16.7 Å². The summed E-state index contributed by atoms with van der Waals surface area (Å²) >= 11 is 0.726. The average molecular weight is 518 g/mol. The van der Waals surface area contributed by atoms with Crippen molar-refractivity contribution in [2.45, 2.75) is 0 Å². The molecular formula is C27H23N3O6S. The van der Waals surface area contributed by atoms with Gasteiger partial charge in [0.2, 0.25) is 5.91 Å². The minimum atomic E-state index is -0.596. The van der Waals surface area contributed by atoms with Gasteiger partial charge >= 0.3 is 0 Å². The van der Waals surface area contributed by atoms with Crippen LogP contribution in [-0.4, -0.2) is 48.1 Å². The summed E-state index contributed by atoms with van der Waals surface area (Å²) in [7, 11) is 1.48. The van der Waals surface area contributed by atoms with Crippen LogP contribution in [0.5, 0.6) is 11.5 Å². The number of carbonyl (C=O) groups is 4. The minimum Gasteiger partial charge on any atom is -0.495 e. The van der Waals surface area contributed by atoms with Crippen molar-refractivity contribution < 1.29 is 28.7 Å². The quantitative estimate of drug-likeness (QED) is 0.405. The number of methoxy groups -OCH3 is 1. The summed E-state index contributed by atoms with van der Waals surface area (Å²) in [4.78, 5) is 51.2. The maximum Gasteiger partial charge on any atom is 0.294 e. The first kappa shape index (κ1) is 25.5. The van der Waals surface area contributed by atoms with Crippen LogP contribution in [0.2, 0.25) is 0 Å². The van der Waals surface area contributed by atoms with Crippen molar-refractivity contribution >= 4 is 52.2 Å². The van der Waals surface area contributed by atoms with E-state index in [4.69, 9.17) is 9.47 Å². The van der Waals surface area contributed by atoms with E-state index < -0.39 is 23.6 Å². The second kappa shape index (κ2) is 11.9.